The van der Waals surface area contributed by atoms with Crippen LogP contribution in [-0.4, -0.2) is 39.8 Å². The summed E-state index contributed by atoms with van der Waals surface area (Å²) in [6.07, 6.45) is 3.46. The Hall–Kier alpha value is -0.230. The van der Waals surface area contributed by atoms with Gasteiger partial charge < -0.3 is 15.0 Å². The lowest BCUT2D eigenvalue weighted by Crippen LogP contribution is -2.23. The highest BCUT2D eigenvalue weighted by molar-refractivity contribution is 7.46. The molecule has 0 spiro atoms. The van der Waals surface area contributed by atoms with E-state index >= 15 is 0 Å². The smallest absolute Gasteiger partial charge is 0.314 e. The zero-order valence-corrected chi connectivity index (χ0v) is 8.22. The van der Waals surface area contributed by atoms with E-state index in [4.69, 9.17) is 15.0 Å². The van der Waals surface area contributed by atoms with Gasteiger partial charge in [-0.25, -0.2) is 4.57 Å². The van der Waals surface area contributed by atoms with Crippen LogP contribution in [0.5, 0.6) is 0 Å². The molecule has 0 atom stereocenters. The lowest BCUT2D eigenvalue weighted by molar-refractivity contribution is -0.0875. The van der Waals surface area contributed by atoms with Gasteiger partial charge in [-0.15, -0.1) is 0 Å². The van der Waals surface area contributed by atoms with Crippen molar-refractivity contribution in [2.75, 3.05) is 19.7 Å². The first-order valence-corrected chi connectivity index (χ1v) is 5.24. The number of hydroxylamine groups is 2. The third-order valence-electron chi connectivity index (χ3n) is 1.16. The number of hydrogen-bond acceptors (Lipinski definition) is 4. The van der Waals surface area contributed by atoms with Crippen molar-refractivity contribution in [1.82, 2.24) is 5.06 Å². The number of allylic oxidation sites excluding steroid dienone is 1. The maximum absolute atomic E-state index is 10.2. The summed E-state index contributed by atoms with van der Waals surface area (Å²) in [6.45, 7) is 1.95. The monoisotopic (exact) mass is 211 g/mol. The lowest BCUT2D eigenvalue weighted by atomic mass is 10.5. The fraction of sp³-hybridized carbons (Fsp3) is 0.667. The van der Waals surface area contributed by atoms with Crippen LogP contribution in [-0.2, 0) is 9.09 Å². The summed E-state index contributed by atoms with van der Waals surface area (Å²) >= 11 is 0. The maximum Gasteiger partial charge on any atom is 0.469 e. The second-order valence-electron chi connectivity index (χ2n) is 2.31. The Kier molecular flexibility index (Phi) is 6.15. The molecule has 0 unspecified atom stereocenters. The molecule has 0 aliphatic carbocycles. The van der Waals surface area contributed by atoms with E-state index in [1.807, 2.05) is 0 Å². The topological polar surface area (TPSA) is 90.2 Å². The summed E-state index contributed by atoms with van der Waals surface area (Å²) in [5.41, 5.74) is 0. The Labute approximate surface area is 76.6 Å². The zero-order valence-electron chi connectivity index (χ0n) is 7.33. The molecule has 0 radical (unpaired) electrons. The van der Waals surface area contributed by atoms with E-state index < -0.39 is 7.82 Å². The van der Waals surface area contributed by atoms with Gasteiger partial charge in [0.25, 0.3) is 0 Å². The molecule has 13 heavy (non-hydrogen) atoms. The van der Waals surface area contributed by atoms with Gasteiger partial charge in [-0.3, -0.25) is 4.52 Å². The molecule has 3 N–H and O–H groups in total. The molecule has 7 heteroatoms. The normalized spacial score (nSPS) is 13.0. The van der Waals surface area contributed by atoms with Crippen LogP contribution in [0.3, 0.4) is 0 Å². The van der Waals surface area contributed by atoms with Gasteiger partial charge >= 0.3 is 7.82 Å². The predicted octanol–water partition coefficient (Wildman–Crippen LogP) is 0.363. The first-order valence-electron chi connectivity index (χ1n) is 3.71. The molecule has 0 rings (SSSR count). The number of rotatable bonds is 6. The van der Waals surface area contributed by atoms with Crippen molar-refractivity contribution in [3.8, 4) is 0 Å². The minimum Gasteiger partial charge on any atom is -0.314 e. The average molecular weight is 211 g/mol. The summed E-state index contributed by atoms with van der Waals surface area (Å²) < 4.78 is 14.3. The van der Waals surface area contributed by atoms with Gasteiger partial charge in [-0.1, -0.05) is 12.2 Å². The summed E-state index contributed by atoms with van der Waals surface area (Å²) in [7, 11) is -4.40. The van der Waals surface area contributed by atoms with E-state index in [0.717, 1.165) is 5.06 Å². The lowest BCUT2D eigenvalue weighted by Gasteiger charge is -2.12. The van der Waals surface area contributed by atoms with Crippen molar-refractivity contribution in [2.24, 2.45) is 0 Å². The van der Waals surface area contributed by atoms with Crippen LogP contribution in [0.25, 0.3) is 0 Å². The van der Waals surface area contributed by atoms with Crippen molar-refractivity contribution in [2.45, 2.75) is 6.92 Å². The standard InChI is InChI=1S/C6H14NO5P/c1-2-3-4-7(8)5-6-12-13(9,10)11/h2-3,8H,4-6H2,1H3,(H2,9,10,11). The van der Waals surface area contributed by atoms with Crippen LogP contribution in [0.1, 0.15) is 6.92 Å². The molecule has 0 saturated heterocycles. The third kappa shape index (κ3) is 9.69. The molecule has 0 heterocycles. The molecule has 0 aliphatic heterocycles. The minimum absolute atomic E-state index is 0.0510. The van der Waals surface area contributed by atoms with E-state index in [-0.39, 0.29) is 13.2 Å². The largest absolute Gasteiger partial charge is 0.469 e. The Morgan fingerprint density at radius 2 is 2.15 bits per heavy atom. The van der Waals surface area contributed by atoms with Crippen LogP contribution in [0.15, 0.2) is 12.2 Å². The number of hydrogen-bond donors (Lipinski definition) is 3. The van der Waals surface area contributed by atoms with Crippen LogP contribution in [0, 0.1) is 0 Å². The van der Waals surface area contributed by atoms with Gasteiger partial charge in [0.05, 0.1) is 6.61 Å². The van der Waals surface area contributed by atoms with E-state index in [0.29, 0.717) is 6.54 Å². The SMILES string of the molecule is CC=CCN(O)CCOP(=O)(O)O. The third-order valence-corrected chi connectivity index (χ3v) is 1.68. The van der Waals surface area contributed by atoms with Crippen LogP contribution < -0.4 is 0 Å². The van der Waals surface area contributed by atoms with Gasteiger partial charge in [0, 0.05) is 13.1 Å². The number of phosphoric ester groups is 1. The fourth-order valence-electron chi connectivity index (χ4n) is 0.583. The van der Waals surface area contributed by atoms with E-state index in [1.165, 1.54) is 0 Å². The molecule has 78 valence electrons. The van der Waals surface area contributed by atoms with Crippen molar-refractivity contribution < 1.29 is 24.1 Å². The van der Waals surface area contributed by atoms with Gasteiger partial charge in [-0.05, 0) is 6.92 Å². The Bertz CT molecular complexity index is 201. The van der Waals surface area contributed by atoms with Crippen molar-refractivity contribution >= 4 is 7.82 Å². The van der Waals surface area contributed by atoms with Crippen LogP contribution in [0.4, 0.5) is 0 Å². The van der Waals surface area contributed by atoms with Gasteiger partial charge in [0.15, 0.2) is 0 Å². The average Bonchev–Trinajstić information content (AvgIpc) is 1.98. The molecule has 0 amide bonds. The maximum atomic E-state index is 10.2. The van der Waals surface area contributed by atoms with Gasteiger partial charge in [-0.2, -0.15) is 5.06 Å². The van der Waals surface area contributed by atoms with E-state index in [9.17, 15) is 4.57 Å². The second kappa shape index (κ2) is 6.26. The predicted molar refractivity (Wildman–Crippen MR) is 46.2 cm³/mol. The highest BCUT2D eigenvalue weighted by atomic mass is 31.2. The summed E-state index contributed by atoms with van der Waals surface area (Å²) in [5.74, 6) is 0. The number of nitrogens with zero attached hydrogens (tertiary/aromatic N) is 1. The minimum atomic E-state index is -4.40. The summed E-state index contributed by atoms with van der Waals surface area (Å²) in [4.78, 5) is 16.6. The molecule has 0 aromatic heterocycles. The molecule has 0 aromatic rings. The van der Waals surface area contributed by atoms with Gasteiger partial charge in [0.1, 0.15) is 0 Å². The molecule has 0 saturated carbocycles. The van der Waals surface area contributed by atoms with Crippen molar-refractivity contribution in [3.05, 3.63) is 12.2 Å². The zero-order chi connectivity index (χ0) is 10.3. The van der Waals surface area contributed by atoms with E-state index in [2.05, 4.69) is 4.52 Å². The Morgan fingerprint density at radius 3 is 2.62 bits per heavy atom. The van der Waals surface area contributed by atoms with Gasteiger partial charge in [0.2, 0.25) is 0 Å². The van der Waals surface area contributed by atoms with Crippen LogP contribution in [0.2, 0.25) is 0 Å². The molecule has 0 fully saturated rings. The van der Waals surface area contributed by atoms with Crippen molar-refractivity contribution in [3.63, 3.8) is 0 Å². The summed E-state index contributed by atoms with van der Waals surface area (Å²) in [5, 5.41) is 9.92. The number of phosphoric acid groups is 1. The molecule has 0 aromatic carbocycles. The first-order chi connectivity index (χ1) is 5.95. The molecule has 6 nitrogen and oxygen atoms in total. The molecular formula is C6H14NO5P. The first kappa shape index (κ1) is 12.8. The van der Waals surface area contributed by atoms with E-state index in [1.54, 1.807) is 19.1 Å². The summed E-state index contributed by atoms with van der Waals surface area (Å²) in [6, 6.07) is 0. The Morgan fingerprint density at radius 1 is 1.54 bits per heavy atom. The van der Waals surface area contributed by atoms with Crippen LogP contribution >= 0.6 is 7.82 Å². The second-order valence-corrected chi connectivity index (χ2v) is 3.54. The molecule has 0 bridgehead atoms. The molecular weight excluding hydrogens is 197 g/mol. The van der Waals surface area contributed by atoms with Crippen molar-refractivity contribution in [1.29, 1.82) is 0 Å². The fourth-order valence-corrected chi connectivity index (χ4v) is 0.903. The molecule has 0 aliphatic rings. The quantitative estimate of drug-likeness (QED) is 0.334. The Balaban J connectivity index is 3.48. The highest BCUT2D eigenvalue weighted by Crippen LogP contribution is 2.35. The highest BCUT2D eigenvalue weighted by Gasteiger charge is 2.13.